The van der Waals surface area contributed by atoms with Crippen molar-refractivity contribution in [3.05, 3.63) is 22.4 Å². The largest absolute Gasteiger partial charge is 0.385 e. The lowest BCUT2D eigenvalue weighted by atomic mass is 9.83. The summed E-state index contributed by atoms with van der Waals surface area (Å²) in [6.07, 6.45) is 5.81. The Labute approximate surface area is 101 Å². The number of aliphatic hydroxyl groups is 1. The Bertz CT molecular complexity index is 291. The molecule has 1 saturated carbocycles. The fourth-order valence-corrected chi connectivity index (χ4v) is 3.41. The van der Waals surface area contributed by atoms with Crippen molar-refractivity contribution < 1.29 is 9.84 Å². The molecule has 1 N–H and O–H groups in total. The van der Waals surface area contributed by atoms with Crippen LogP contribution in [0.15, 0.2) is 17.5 Å². The second-order valence-electron chi connectivity index (χ2n) is 4.56. The van der Waals surface area contributed by atoms with Crippen LogP contribution in [0.5, 0.6) is 0 Å². The van der Waals surface area contributed by atoms with Gasteiger partial charge in [0.1, 0.15) is 6.10 Å². The third-order valence-corrected chi connectivity index (χ3v) is 4.48. The molecule has 2 rings (SSSR count). The Kier molecular flexibility index (Phi) is 4.38. The molecule has 0 radical (unpaired) electrons. The Hall–Kier alpha value is -0.380. The zero-order chi connectivity index (χ0) is 11.4. The van der Waals surface area contributed by atoms with E-state index in [9.17, 15) is 5.11 Å². The third-order valence-electron chi connectivity index (χ3n) is 3.53. The van der Waals surface area contributed by atoms with Crippen molar-refractivity contribution in [2.75, 3.05) is 7.11 Å². The van der Waals surface area contributed by atoms with Crippen LogP contribution in [0.1, 0.15) is 43.1 Å². The van der Waals surface area contributed by atoms with E-state index in [1.165, 1.54) is 32.1 Å². The van der Waals surface area contributed by atoms with Gasteiger partial charge in [0, 0.05) is 12.0 Å². The van der Waals surface area contributed by atoms with Gasteiger partial charge in [0.15, 0.2) is 0 Å². The Morgan fingerprint density at radius 3 is 2.69 bits per heavy atom. The summed E-state index contributed by atoms with van der Waals surface area (Å²) in [7, 11) is 1.72. The Morgan fingerprint density at radius 1 is 1.38 bits per heavy atom. The predicted molar refractivity (Wildman–Crippen MR) is 66.7 cm³/mol. The van der Waals surface area contributed by atoms with E-state index in [-0.39, 0.29) is 6.10 Å². The molecule has 0 spiro atoms. The van der Waals surface area contributed by atoms with Gasteiger partial charge in [0.25, 0.3) is 0 Å². The van der Waals surface area contributed by atoms with Crippen LogP contribution in [0, 0.1) is 5.92 Å². The molecule has 0 amide bonds. The molecular weight excluding hydrogens is 220 g/mol. The average Bonchev–Trinajstić information content (AvgIpc) is 2.85. The highest BCUT2D eigenvalue weighted by molar-refractivity contribution is 7.10. The van der Waals surface area contributed by atoms with Crippen molar-refractivity contribution >= 4 is 11.3 Å². The first-order valence-corrected chi connectivity index (χ1v) is 6.95. The predicted octanol–water partition coefficient (Wildman–Crippen LogP) is 3.38. The first-order valence-electron chi connectivity index (χ1n) is 6.07. The summed E-state index contributed by atoms with van der Waals surface area (Å²) in [6.45, 7) is 0. The van der Waals surface area contributed by atoms with Gasteiger partial charge in [-0.3, -0.25) is 0 Å². The summed E-state index contributed by atoms with van der Waals surface area (Å²) in [6, 6.07) is 3.97. The molecule has 2 unspecified atom stereocenters. The molecule has 1 aliphatic rings. The minimum Gasteiger partial charge on any atom is -0.385 e. The highest BCUT2D eigenvalue weighted by atomic mass is 32.1. The van der Waals surface area contributed by atoms with Crippen molar-refractivity contribution in [3.63, 3.8) is 0 Å². The minimum absolute atomic E-state index is 0.0288. The summed E-state index contributed by atoms with van der Waals surface area (Å²) < 4.78 is 5.53. The van der Waals surface area contributed by atoms with Crippen LogP contribution < -0.4 is 0 Å². The second-order valence-corrected chi connectivity index (χ2v) is 5.54. The molecule has 3 heteroatoms. The van der Waals surface area contributed by atoms with Crippen LogP contribution in [0.3, 0.4) is 0 Å². The normalized spacial score (nSPS) is 21.9. The highest BCUT2D eigenvalue weighted by Crippen LogP contribution is 2.35. The number of hydrogen-bond acceptors (Lipinski definition) is 3. The molecule has 0 saturated heterocycles. The van der Waals surface area contributed by atoms with E-state index in [1.807, 2.05) is 17.5 Å². The van der Waals surface area contributed by atoms with Crippen molar-refractivity contribution in [2.24, 2.45) is 5.92 Å². The number of hydrogen-bond donors (Lipinski definition) is 1. The van der Waals surface area contributed by atoms with Gasteiger partial charge in [-0.05, 0) is 30.2 Å². The molecule has 1 heterocycles. The number of rotatable bonds is 4. The maximum absolute atomic E-state index is 10.3. The van der Waals surface area contributed by atoms with Gasteiger partial charge in [0.05, 0.1) is 6.10 Å². The fraction of sp³-hybridized carbons (Fsp3) is 0.692. The van der Waals surface area contributed by atoms with Gasteiger partial charge in [-0.15, -0.1) is 11.3 Å². The Morgan fingerprint density at radius 2 is 2.12 bits per heavy atom. The molecular formula is C13H20O2S. The first kappa shape index (κ1) is 12.1. The lowest BCUT2D eigenvalue weighted by Gasteiger charge is -2.32. The third kappa shape index (κ3) is 2.65. The lowest BCUT2D eigenvalue weighted by Crippen LogP contribution is -2.30. The summed E-state index contributed by atoms with van der Waals surface area (Å²) in [5, 5.41) is 12.3. The lowest BCUT2D eigenvalue weighted by molar-refractivity contribution is -0.0544. The van der Waals surface area contributed by atoms with Gasteiger partial charge >= 0.3 is 0 Å². The number of aliphatic hydroxyl groups excluding tert-OH is 1. The zero-order valence-electron chi connectivity index (χ0n) is 9.76. The van der Waals surface area contributed by atoms with E-state index >= 15 is 0 Å². The highest BCUT2D eigenvalue weighted by Gasteiger charge is 2.30. The van der Waals surface area contributed by atoms with E-state index in [0.29, 0.717) is 5.92 Å². The van der Waals surface area contributed by atoms with E-state index in [1.54, 1.807) is 18.4 Å². The molecule has 1 aliphatic carbocycles. The summed E-state index contributed by atoms with van der Waals surface area (Å²) >= 11 is 1.61. The molecule has 1 fully saturated rings. The average molecular weight is 240 g/mol. The van der Waals surface area contributed by atoms with E-state index in [4.69, 9.17) is 4.74 Å². The maximum atomic E-state index is 10.3. The van der Waals surface area contributed by atoms with Crippen molar-refractivity contribution in [1.82, 2.24) is 0 Å². The molecule has 90 valence electrons. The molecule has 0 aromatic carbocycles. The number of ether oxygens (including phenoxy) is 1. The molecule has 0 bridgehead atoms. The molecule has 16 heavy (non-hydrogen) atoms. The van der Waals surface area contributed by atoms with Gasteiger partial charge < -0.3 is 9.84 Å². The van der Waals surface area contributed by atoms with Crippen LogP contribution >= 0.6 is 11.3 Å². The van der Waals surface area contributed by atoms with Crippen LogP contribution in [0.4, 0.5) is 0 Å². The summed E-state index contributed by atoms with van der Waals surface area (Å²) in [5.74, 6) is 0.524. The van der Waals surface area contributed by atoms with E-state index in [2.05, 4.69) is 0 Å². The van der Waals surface area contributed by atoms with Crippen LogP contribution in [-0.4, -0.2) is 18.3 Å². The van der Waals surface area contributed by atoms with Crippen molar-refractivity contribution in [2.45, 2.75) is 44.3 Å². The first-order chi connectivity index (χ1) is 7.83. The van der Waals surface area contributed by atoms with Crippen LogP contribution in [-0.2, 0) is 4.74 Å². The fourth-order valence-electron chi connectivity index (χ4n) is 2.66. The van der Waals surface area contributed by atoms with Gasteiger partial charge in [0.2, 0.25) is 0 Å². The zero-order valence-corrected chi connectivity index (χ0v) is 10.6. The molecule has 0 aliphatic heterocycles. The van der Waals surface area contributed by atoms with Crippen molar-refractivity contribution in [3.8, 4) is 0 Å². The molecule has 1 aromatic heterocycles. The number of methoxy groups -OCH3 is 1. The number of thiophene rings is 1. The topological polar surface area (TPSA) is 29.5 Å². The Balaban J connectivity index is 2.03. The van der Waals surface area contributed by atoms with Crippen LogP contribution in [0.25, 0.3) is 0 Å². The maximum Gasteiger partial charge on any atom is 0.114 e. The molecule has 1 aromatic rings. The standard InChI is InChI=1S/C13H20O2S/c1-15-13(10-6-3-2-4-7-10)12(14)11-8-5-9-16-11/h5,8-10,12-14H,2-4,6-7H2,1H3. The minimum atomic E-state index is -0.451. The van der Waals surface area contributed by atoms with Gasteiger partial charge in [-0.1, -0.05) is 25.3 Å². The van der Waals surface area contributed by atoms with E-state index < -0.39 is 6.10 Å². The second kappa shape index (κ2) is 5.80. The van der Waals surface area contributed by atoms with Gasteiger partial charge in [-0.25, -0.2) is 0 Å². The molecule has 2 atom stereocenters. The smallest absolute Gasteiger partial charge is 0.114 e. The van der Waals surface area contributed by atoms with Crippen LogP contribution in [0.2, 0.25) is 0 Å². The van der Waals surface area contributed by atoms with Gasteiger partial charge in [-0.2, -0.15) is 0 Å². The SMILES string of the molecule is COC(C1CCCCC1)C(O)c1cccs1. The van der Waals surface area contributed by atoms with E-state index in [0.717, 1.165) is 4.88 Å². The molecule has 2 nitrogen and oxygen atoms in total. The monoisotopic (exact) mass is 240 g/mol. The summed E-state index contributed by atoms with van der Waals surface area (Å²) in [4.78, 5) is 1.03. The van der Waals surface area contributed by atoms with Crippen molar-refractivity contribution in [1.29, 1.82) is 0 Å². The quantitative estimate of drug-likeness (QED) is 0.874. The summed E-state index contributed by atoms with van der Waals surface area (Å²) in [5.41, 5.74) is 0.